The van der Waals surface area contributed by atoms with Gasteiger partial charge in [-0.3, -0.25) is 9.59 Å². The van der Waals surface area contributed by atoms with Crippen LogP contribution in [0.5, 0.6) is 0 Å². The second-order valence-corrected chi connectivity index (χ2v) is 7.93. The Morgan fingerprint density at radius 2 is 1.59 bits per heavy atom. The number of carbonyl (C=O) groups is 2. The van der Waals surface area contributed by atoms with E-state index in [0.29, 0.717) is 23.2 Å². The number of aromatic nitrogens is 2. The third kappa shape index (κ3) is 4.83. The predicted octanol–water partition coefficient (Wildman–Crippen LogP) is 4.71. The topological polar surface area (TPSA) is 64.0 Å². The molecule has 0 radical (unpaired) electrons. The second-order valence-electron chi connectivity index (χ2n) is 7.93. The summed E-state index contributed by atoms with van der Waals surface area (Å²) < 4.78 is 2.00. The highest BCUT2D eigenvalue weighted by molar-refractivity contribution is 6.15. The van der Waals surface area contributed by atoms with Crippen molar-refractivity contribution in [3.05, 3.63) is 124 Å². The summed E-state index contributed by atoms with van der Waals surface area (Å²) >= 11 is 0. The number of benzene rings is 3. The lowest BCUT2D eigenvalue weighted by atomic mass is 9.94. The number of hydrogen-bond donors (Lipinski definition) is 1. The van der Waals surface area contributed by atoms with Crippen LogP contribution in [0.4, 0.5) is 0 Å². The fraction of sp³-hybridized carbons (Fsp3) is 0.148. The third-order valence-corrected chi connectivity index (χ3v) is 5.45. The van der Waals surface area contributed by atoms with E-state index in [1.807, 2.05) is 67.1 Å². The number of ketones is 1. The Morgan fingerprint density at radius 3 is 2.31 bits per heavy atom. The van der Waals surface area contributed by atoms with Crippen molar-refractivity contribution in [2.24, 2.45) is 0 Å². The van der Waals surface area contributed by atoms with Crippen molar-refractivity contribution in [2.75, 3.05) is 0 Å². The van der Waals surface area contributed by atoms with Gasteiger partial charge in [-0.25, -0.2) is 4.98 Å². The first-order valence-corrected chi connectivity index (χ1v) is 10.5. The van der Waals surface area contributed by atoms with Crippen LogP contribution in [0, 0.1) is 13.8 Å². The van der Waals surface area contributed by atoms with Crippen LogP contribution in [-0.4, -0.2) is 21.2 Å². The number of amides is 1. The van der Waals surface area contributed by atoms with Crippen molar-refractivity contribution in [1.29, 1.82) is 0 Å². The molecular formula is C27H25N3O2. The van der Waals surface area contributed by atoms with Gasteiger partial charge in [0.1, 0.15) is 0 Å². The van der Waals surface area contributed by atoms with Crippen molar-refractivity contribution in [1.82, 2.24) is 14.9 Å². The summed E-state index contributed by atoms with van der Waals surface area (Å²) in [5.41, 5.74) is 5.47. The molecular weight excluding hydrogens is 398 g/mol. The van der Waals surface area contributed by atoms with Gasteiger partial charge < -0.3 is 9.88 Å². The summed E-state index contributed by atoms with van der Waals surface area (Å²) in [7, 11) is 0. The average molecular weight is 424 g/mol. The first-order valence-electron chi connectivity index (χ1n) is 10.5. The van der Waals surface area contributed by atoms with E-state index in [4.69, 9.17) is 0 Å². The predicted molar refractivity (Wildman–Crippen MR) is 125 cm³/mol. The van der Waals surface area contributed by atoms with Crippen LogP contribution in [0.3, 0.4) is 0 Å². The lowest BCUT2D eigenvalue weighted by Gasteiger charge is -2.12. The lowest BCUT2D eigenvalue weighted by molar-refractivity contribution is 0.0939. The minimum atomic E-state index is -0.262. The Bertz CT molecular complexity index is 1240. The van der Waals surface area contributed by atoms with Gasteiger partial charge in [0.05, 0.1) is 11.9 Å². The number of nitrogens with one attached hydrogen (secondary N) is 1. The van der Waals surface area contributed by atoms with Crippen molar-refractivity contribution < 1.29 is 9.59 Å². The van der Waals surface area contributed by atoms with Gasteiger partial charge >= 0.3 is 0 Å². The van der Waals surface area contributed by atoms with Gasteiger partial charge in [0, 0.05) is 36.6 Å². The molecule has 5 nitrogen and oxygen atoms in total. The number of nitrogens with zero attached hydrogens (tertiary/aromatic N) is 2. The van der Waals surface area contributed by atoms with Gasteiger partial charge in [-0.05, 0) is 42.7 Å². The molecule has 1 N–H and O–H groups in total. The van der Waals surface area contributed by atoms with E-state index in [9.17, 15) is 9.59 Å². The summed E-state index contributed by atoms with van der Waals surface area (Å²) in [5.74, 6) is -0.400. The molecule has 0 aliphatic carbocycles. The fourth-order valence-electron chi connectivity index (χ4n) is 3.64. The molecule has 160 valence electrons. The molecule has 0 saturated carbocycles. The maximum atomic E-state index is 13.2. The maximum absolute atomic E-state index is 13.2. The highest BCUT2D eigenvalue weighted by atomic mass is 16.2. The molecule has 4 aromatic rings. The van der Waals surface area contributed by atoms with Crippen LogP contribution >= 0.6 is 0 Å². The van der Waals surface area contributed by atoms with Crippen LogP contribution in [0.25, 0.3) is 0 Å². The smallest absolute Gasteiger partial charge is 0.252 e. The third-order valence-electron chi connectivity index (χ3n) is 5.45. The largest absolute Gasteiger partial charge is 0.348 e. The van der Waals surface area contributed by atoms with E-state index < -0.39 is 0 Å². The SMILES string of the molecule is Cc1ccc(C)c(C(=O)c2ccccc2C(=O)NCc2ccc(Cn3ccnc3)cc2)c1. The quantitative estimate of drug-likeness (QED) is 0.438. The Labute approximate surface area is 187 Å². The van der Waals surface area contributed by atoms with Crippen LogP contribution in [0.1, 0.15) is 48.5 Å². The normalized spacial score (nSPS) is 10.7. The summed E-state index contributed by atoms with van der Waals surface area (Å²) in [6.45, 7) is 5.00. The van der Waals surface area contributed by atoms with Gasteiger partial charge in [0.25, 0.3) is 5.91 Å². The number of carbonyl (C=O) groups excluding carboxylic acids is 2. The Morgan fingerprint density at radius 1 is 0.875 bits per heavy atom. The highest BCUT2D eigenvalue weighted by Gasteiger charge is 2.19. The molecule has 0 aliphatic heterocycles. The fourth-order valence-corrected chi connectivity index (χ4v) is 3.64. The van der Waals surface area contributed by atoms with E-state index in [-0.39, 0.29) is 11.7 Å². The minimum absolute atomic E-state index is 0.138. The first-order chi connectivity index (χ1) is 15.5. The summed E-state index contributed by atoms with van der Waals surface area (Å²) in [5, 5.41) is 2.95. The molecule has 1 aromatic heterocycles. The molecule has 0 atom stereocenters. The standard InChI is InChI=1S/C27H25N3O2/c1-19-7-8-20(2)25(15-19)26(31)23-5-3-4-6-24(23)27(32)29-16-21-9-11-22(12-10-21)17-30-14-13-28-18-30/h3-15,18H,16-17H2,1-2H3,(H,29,32). The monoisotopic (exact) mass is 423 g/mol. The average Bonchev–Trinajstić information content (AvgIpc) is 3.32. The van der Waals surface area contributed by atoms with Crippen LogP contribution in [0.2, 0.25) is 0 Å². The summed E-state index contributed by atoms with van der Waals surface area (Å²) in [4.78, 5) is 30.2. The molecule has 4 rings (SSSR count). The number of rotatable bonds is 7. The molecule has 5 heteroatoms. The molecule has 1 amide bonds. The zero-order valence-corrected chi connectivity index (χ0v) is 18.2. The molecule has 0 bridgehead atoms. The zero-order chi connectivity index (χ0) is 22.5. The number of imidazole rings is 1. The Kier molecular flexibility index (Phi) is 6.26. The van der Waals surface area contributed by atoms with E-state index in [1.54, 1.807) is 36.8 Å². The Hall–Kier alpha value is -3.99. The summed E-state index contributed by atoms with van der Waals surface area (Å²) in [6, 6.07) is 20.8. The van der Waals surface area contributed by atoms with E-state index in [1.165, 1.54) is 0 Å². The number of aryl methyl sites for hydroxylation is 2. The van der Waals surface area contributed by atoms with E-state index in [2.05, 4.69) is 10.3 Å². The van der Waals surface area contributed by atoms with Crippen molar-refractivity contribution in [3.63, 3.8) is 0 Å². The van der Waals surface area contributed by atoms with Gasteiger partial charge in [0.2, 0.25) is 0 Å². The lowest BCUT2D eigenvalue weighted by Crippen LogP contribution is -2.25. The van der Waals surface area contributed by atoms with E-state index >= 15 is 0 Å². The molecule has 0 spiro atoms. The molecule has 1 heterocycles. The van der Waals surface area contributed by atoms with Crippen molar-refractivity contribution in [3.8, 4) is 0 Å². The van der Waals surface area contributed by atoms with Crippen molar-refractivity contribution >= 4 is 11.7 Å². The Balaban J connectivity index is 1.46. The minimum Gasteiger partial charge on any atom is -0.348 e. The maximum Gasteiger partial charge on any atom is 0.252 e. The van der Waals surface area contributed by atoms with E-state index in [0.717, 1.165) is 28.8 Å². The molecule has 3 aromatic carbocycles. The van der Waals surface area contributed by atoms with Gasteiger partial charge in [-0.2, -0.15) is 0 Å². The van der Waals surface area contributed by atoms with Gasteiger partial charge in [-0.1, -0.05) is 60.2 Å². The first kappa shape index (κ1) is 21.2. The zero-order valence-electron chi connectivity index (χ0n) is 18.2. The molecule has 0 aliphatic rings. The van der Waals surface area contributed by atoms with Gasteiger partial charge in [0.15, 0.2) is 5.78 Å². The highest BCUT2D eigenvalue weighted by Crippen LogP contribution is 2.19. The van der Waals surface area contributed by atoms with Crippen LogP contribution in [0.15, 0.2) is 85.5 Å². The van der Waals surface area contributed by atoms with Crippen LogP contribution in [-0.2, 0) is 13.1 Å². The molecule has 0 unspecified atom stereocenters. The van der Waals surface area contributed by atoms with Crippen LogP contribution < -0.4 is 5.32 Å². The molecule has 32 heavy (non-hydrogen) atoms. The molecule has 0 fully saturated rings. The molecule has 0 saturated heterocycles. The number of hydrogen-bond acceptors (Lipinski definition) is 3. The summed E-state index contributed by atoms with van der Waals surface area (Å²) in [6.07, 6.45) is 5.46. The van der Waals surface area contributed by atoms with Gasteiger partial charge in [-0.15, -0.1) is 0 Å². The second kappa shape index (κ2) is 9.43. The van der Waals surface area contributed by atoms with Crippen molar-refractivity contribution in [2.45, 2.75) is 26.9 Å².